The standard InChI is InChI=1S/C24H27N3O5S2/c1-3-32-24(28)16-27-23-9-5-8-22(21(23)15-25-27)26-34(30,31)20-12-10-17(11-13-20)18-6-4-7-19(14-18)33(2)29/h4,6-7,10-15,22,26H,3,5,8-9,16H2,1-2H3. The van der Waals surface area contributed by atoms with Crippen molar-refractivity contribution in [1.82, 2.24) is 14.5 Å². The number of hydrogen-bond acceptors (Lipinski definition) is 6. The minimum absolute atomic E-state index is 0.0108. The highest BCUT2D eigenvalue weighted by atomic mass is 32.2. The zero-order chi connectivity index (χ0) is 24.3. The molecule has 3 aromatic rings. The molecule has 34 heavy (non-hydrogen) atoms. The van der Waals surface area contributed by atoms with Crippen LogP contribution in [0.1, 0.15) is 37.1 Å². The Labute approximate surface area is 201 Å². The molecule has 1 N–H and O–H groups in total. The lowest BCUT2D eigenvalue weighted by Crippen LogP contribution is -2.31. The second-order valence-electron chi connectivity index (χ2n) is 8.08. The zero-order valence-corrected chi connectivity index (χ0v) is 20.7. The third-order valence-corrected chi connectivity index (χ3v) is 8.21. The Kier molecular flexibility index (Phi) is 7.30. The number of nitrogens with zero attached hydrogens (tertiary/aromatic N) is 2. The normalized spacial score (nSPS) is 16.6. The van der Waals surface area contributed by atoms with Crippen LogP contribution in [-0.2, 0) is 43.3 Å². The fraction of sp³-hybridized carbons (Fsp3) is 0.333. The summed E-state index contributed by atoms with van der Waals surface area (Å²) in [6.07, 6.45) is 5.41. The fourth-order valence-electron chi connectivity index (χ4n) is 4.14. The summed E-state index contributed by atoms with van der Waals surface area (Å²) in [5.74, 6) is -0.369. The van der Waals surface area contributed by atoms with Crippen molar-refractivity contribution in [3.8, 4) is 11.1 Å². The lowest BCUT2D eigenvalue weighted by molar-refractivity contribution is -0.144. The lowest BCUT2D eigenvalue weighted by atomic mass is 9.94. The maximum Gasteiger partial charge on any atom is 0.327 e. The Morgan fingerprint density at radius 1 is 1.21 bits per heavy atom. The maximum absolute atomic E-state index is 13.1. The highest BCUT2D eigenvalue weighted by Crippen LogP contribution is 2.31. The minimum Gasteiger partial charge on any atom is -0.465 e. The van der Waals surface area contributed by atoms with Crippen molar-refractivity contribution in [2.24, 2.45) is 0 Å². The molecular weight excluding hydrogens is 474 g/mol. The van der Waals surface area contributed by atoms with Crippen molar-refractivity contribution in [2.75, 3.05) is 12.9 Å². The molecule has 0 saturated heterocycles. The quantitative estimate of drug-likeness (QED) is 0.475. The van der Waals surface area contributed by atoms with E-state index in [0.717, 1.165) is 35.2 Å². The molecule has 2 aromatic carbocycles. The first-order chi connectivity index (χ1) is 16.3. The largest absolute Gasteiger partial charge is 0.465 e. The molecule has 0 bridgehead atoms. The van der Waals surface area contributed by atoms with Crippen LogP contribution in [0.3, 0.4) is 0 Å². The van der Waals surface area contributed by atoms with Gasteiger partial charge in [0.15, 0.2) is 0 Å². The van der Waals surface area contributed by atoms with E-state index >= 15 is 0 Å². The third-order valence-electron chi connectivity index (χ3n) is 5.81. The first-order valence-electron chi connectivity index (χ1n) is 11.0. The second-order valence-corrected chi connectivity index (χ2v) is 11.2. The van der Waals surface area contributed by atoms with E-state index in [9.17, 15) is 17.4 Å². The summed E-state index contributed by atoms with van der Waals surface area (Å²) < 4.78 is 47.4. The molecule has 10 heteroatoms. The van der Waals surface area contributed by atoms with Crippen molar-refractivity contribution in [3.63, 3.8) is 0 Å². The van der Waals surface area contributed by atoms with Crippen molar-refractivity contribution in [2.45, 2.75) is 48.6 Å². The topological polar surface area (TPSA) is 107 Å². The molecular formula is C24H27N3O5S2. The summed E-state index contributed by atoms with van der Waals surface area (Å²) in [6, 6.07) is 13.6. The van der Waals surface area contributed by atoms with Gasteiger partial charge in [0.05, 0.1) is 23.7 Å². The molecule has 1 aliphatic rings. The van der Waals surface area contributed by atoms with Crippen LogP contribution >= 0.6 is 0 Å². The molecule has 0 amide bonds. The molecule has 0 saturated carbocycles. The highest BCUT2D eigenvalue weighted by molar-refractivity contribution is 7.89. The predicted octanol–water partition coefficient (Wildman–Crippen LogP) is 3.21. The van der Waals surface area contributed by atoms with Gasteiger partial charge in [-0.2, -0.15) is 5.10 Å². The van der Waals surface area contributed by atoms with Gasteiger partial charge in [-0.05, 0) is 61.6 Å². The molecule has 4 rings (SSSR count). The average Bonchev–Trinajstić information content (AvgIpc) is 3.23. The number of aromatic nitrogens is 2. The van der Waals surface area contributed by atoms with Gasteiger partial charge in [0.1, 0.15) is 6.54 Å². The highest BCUT2D eigenvalue weighted by Gasteiger charge is 2.29. The summed E-state index contributed by atoms with van der Waals surface area (Å²) in [7, 11) is -4.87. The molecule has 0 spiro atoms. The predicted molar refractivity (Wildman–Crippen MR) is 129 cm³/mol. The number of ether oxygens (including phenoxy) is 1. The van der Waals surface area contributed by atoms with E-state index in [2.05, 4.69) is 9.82 Å². The third kappa shape index (κ3) is 5.29. The molecule has 0 fully saturated rings. The van der Waals surface area contributed by atoms with Gasteiger partial charge in [-0.1, -0.05) is 24.3 Å². The Morgan fingerprint density at radius 3 is 2.68 bits per heavy atom. The Balaban J connectivity index is 1.52. The monoisotopic (exact) mass is 501 g/mol. The fourth-order valence-corrected chi connectivity index (χ4v) is 5.96. The van der Waals surface area contributed by atoms with E-state index in [1.807, 2.05) is 18.2 Å². The first kappa shape index (κ1) is 24.3. The molecule has 8 nitrogen and oxygen atoms in total. The molecule has 1 aliphatic carbocycles. The lowest BCUT2D eigenvalue weighted by Gasteiger charge is -2.24. The van der Waals surface area contributed by atoms with E-state index in [1.165, 1.54) is 0 Å². The number of benzene rings is 2. The van der Waals surface area contributed by atoms with Crippen LogP contribution in [0, 0.1) is 0 Å². The first-order valence-corrected chi connectivity index (χ1v) is 14.1. The number of nitrogens with one attached hydrogen (secondary N) is 1. The van der Waals surface area contributed by atoms with Gasteiger partial charge in [-0.25, -0.2) is 13.1 Å². The van der Waals surface area contributed by atoms with Crippen LogP contribution < -0.4 is 4.72 Å². The molecule has 0 radical (unpaired) electrons. The van der Waals surface area contributed by atoms with Gasteiger partial charge in [0.2, 0.25) is 10.0 Å². The molecule has 180 valence electrons. The van der Waals surface area contributed by atoms with Crippen molar-refractivity contribution >= 4 is 26.8 Å². The molecule has 1 aromatic heterocycles. The van der Waals surface area contributed by atoms with Crippen molar-refractivity contribution in [1.29, 1.82) is 0 Å². The average molecular weight is 502 g/mol. The molecule has 2 unspecified atom stereocenters. The summed E-state index contributed by atoms with van der Waals surface area (Å²) >= 11 is 0. The Bertz CT molecular complexity index is 1320. The van der Waals surface area contributed by atoms with Crippen LogP contribution in [0.2, 0.25) is 0 Å². The summed E-state index contributed by atoms with van der Waals surface area (Å²) in [5, 5.41) is 4.30. The van der Waals surface area contributed by atoms with Gasteiger partial charge in [0.25, 0.3) is 0 Å². The number of hydrogen-bond donors (Lipinski definition) is 1. The van der Waals surface area contributed by atoms with Crippen LogP contribution in [0.15, 0.2) is 64.5 Å². The molecule has 0 aliphatic heterocycles. The minimum atomic E-state index is -3.77. The van der Waals surface area contributed by atoms with Gasteiger partial charge < -0.3 is 4.74 Å². The van der Waals surface area contributed by atoms with Crippen LogP contribution in [0.25, 0.3) is 11.1 Å². The summed E-state index contributed by atoms with van der Waals surface area (Å²) in [5.41, 5.74) is 3.36. The number of carbonyl (C=O) groups excluding carboxylic acids is 1. The van der Waals surface area contributed by atoms with E-state index in [-0.39, 0.29) is 17.4 Å². The molecule has 1 heterocycles. The smallest absolute Gasteiger partial charge is 0.327 e. The van der Waals surface area contributed by atoms with Crippen LogP contribution in [0.4, 0.5) is 0 Å². The maximum atomic E-state index is 13.1. The Morgan fingerprint density at radius 2 is 1.97 bits per heavy atom. The van der Waals surface area contributed by atoms with Crippen LogP contribution in [-0.4, -0.2) is 41.2 Å². The summed E-state index contributed by atoms with van der Waals surface area (Å²) in [4.78, 5) is 12.7. The second kappa shape index (κ2) is 10.2. The van der Waals surface area contributed by atoms with Gasteiger partial charge >= 0.3 is 5.97 Å². The Hall–Kier alpha value is -2.82. The molecule has 2 atom stereocenters. The SMILES string of the molecule is CCOC(=O)Cn1ncc2c1CCCC2NS(=O)(=O)c1ccc(-c2cccc(S(C)=O)c2)cc1. The van der Waals surface area contributed by atoms with E-state index in [0.29, 0.717) is 17.9 Å². The van der Waals surface area contributed by atoms with Gasteiger partial charge in [0, 0.05) is 33.2 Å². The van der Waals surface area contributed by atoms with Crippen LogP contribution in [0.5, 0.6) is 0 Å². The number of fused-ring (bicyclic) bond motifs is 1. The number of esters is 1. The number of sulfonamides is 1. The van der Waals surface area contributed by atoms with E-state index in [1.54, 1.807) is 54.4 Å². The van der Waals surface area contributed by atoms with E-state index < -0.39 is 26.9 Å². The van der Waals surface area contributed by atoms with Crippen molar-refractivity contribution < 1.29 is 22.2 Å². The summed E-state index contributed by atoms with van der Waals surface area (Å²) in [6.45, 7) is 2.06. The number of rotatable bonds is 8. The van der Waals surface area contributed by atoms with Gasteiger partial charge in [-0.15, -0.1) is 0 Å². The van der Waals surface area contributed by atoms with Crippen molar-refractivity contribution in [3.05, 3.63) is 66.0 Å². The van der Waals surface area contributed by atoms with Gasteiger partial charge in [-0.3, -0.25) is 13.7 Å². The number of carbonyl (C=O) groups is 1. The van der Waals surface area contributed by atoms with E-state index in [4.69, 9.17) is 4.74 Å². The zero-order valence-electron chi connectivity index (χ0n) is 19.1.